The number of nitrogens with one attached hydrogen (secondary N) is 1. The third kappa shape index (κ3) is 9.72. The first kappa shape index (κ1) is 46.7. The minimum absolute atomic E-state index is 0.0939. The highest BCUT2D eigenvalue weighted by Crippen LogP contribution is 2.45. The second kappa shape index (κ2) is 18.5. The molecule has 1 unspecified atom stereocenters. The Bertz CT molecular complexity index is 1350. The summed E-state index contributed by atoms with van der Waals surface area (Å²) in [5.74, 6) is -3.46. The molecule has 18 atom stereocenters. The van der Waals surface area contributed by atoms with Gasteiger partial charge in [0.15, 0.2) is 30.1 Å². The predicted octanol–water partition coefficient (Wildman–Crippen LogP) is 2.52. The van der Waals surface area contributed by atoms with E-state index in [0.717, 1.165) is 0 Å². The average molecular weight is 802 g/mol. The Hall–Kier alpha value is -1.99. The number of Topliss-reactive ketones (excluding diaryl/α,β-unsaturated/α-hetero) is 1. The number of amides is 1. The van der Waals surface area contributed by atoms with Crippen LogP contribution in [0.25, 0.3) is 0 Å². The van der Waals surface area contributed by atoms with Gasteiger partial charge in [-0.25, -0.2) is 4.79 Å². The van der Waals surface area contributed by atoms with Crippen molar-refractivity contribution in [2.75, 3.05) is 34.3 Å². The van der Waals surface area contributed by atoms with E-state index in [1.54, 1.807) is 34.6 Å². The van der Waals surface area contributed by atoms with Crippen LogP contribution in [0.3, 0.4) is 0 Å². The van der Waals surface area contributed by atoms with Crippen molar-refractivity contribution >= 4 is 17.8 Å². The second-order valence-corrected chi connectivity index (χ2v) is 17.6. The SMILES string of the molecule is CC[C@H]1OC(=O)[C@H](C)[C@@H](O[C@H]2C[C@@](C)(OC)C(OC(=O)NCCN)[C@H](C)O2)[C@H](C)[C@@H](O[C@@H]2O[C@H](C)C[C@H](N(C)C)[C@H]2O)[C@@](C)(O)C[C@@H](C)[C@H]2O[C@@]1(C)C(=O)[C@H]2C. The van der Waals surface area contributed by atoms with Crippen molar-refractivity contribution in [1.29, 1.82) is 0 Å². The maximum Gasteiger partial charge on any atom is 0.407 e. The normalized spacial score (nSPS) is 46.7. The summed E-state index contributed by atoms with van der Waals surface area (Å²) in [4.78, 5) is 42.8. The van der Waals surface area contributed by atoms with Crippen molar-refractivity contribution in [2.45, 2.75) is 179 Å². The number of esters is 1. The van der Waals surface area contributed by atoms with E-state index in [1.165, 1.54) is 7.11 Å². The number of nitrogens with zero attached hydrogens (tertiary/aromatic N) is 1. The van der Waals surface area contributed by atoms with Gasteiger partial charge in [-0.1, -0.05) is 27.7 Å². The van der Waals surface area contributed by atoms with E-state index in [-0.39, 0.29) is 49.8 Å². The summed E-state index contributed by atoms with van der Waals surface area (Å²) >= 11 is 0. The summed E-state index contributed by atoms with van der Waals surface area (Å²) in [7, 11) is 5.26. The fourth-order valence-electron chi connectivity index (χ4n) is 9.55. The van der Waals surface area contributed by atoms with Crippen LogP contribution in [-0.2, 0) is 47.5 Å². The van der Waals surface area contributed by atoms with Crippen molar-refractivity contribution < 1.29 is 62.5 Å². The number of aliphatic hydroxyl groups is 2. The lowest BCUT2D eigenvalue weighted by Crippen LogP contribution is -2.61. The number of cyclic esters (lactones) is 1. The number of aliphatic hydroxyl groups excluding tert-OH is 1. The molecule has 1 amide bonds. The van der Waals surface area contributed by atoms with Gasteiger partial charge in [-0.3, -0.25) is 9.59 Å². The fourth-order valence-corrected chi connectivity index (χ4v) is 9.55. The molecule has 4 saturated heterocycles. The number of carbonyl (C=O) groups excluding carboxylic acids is 3. The molecule has 0 aromatic heterocycles. The molecule has 0 aliphatic carbocycles. The van der Waals surface area contributed by atoms with E-state index in [0.29, 0.717) is 12.8 Å². The largest absolute Gasteiger partial charge is 0.459 e. The number of ether oxygens (including phenoxy) is 8. The van der Waals surface area contributed by atoms with Gasteiger partial charge in [-0.15, -0.1) is 0 Å². The Morgan fingerprint density at radius 2 is 1.66 bits per heavy atom. The first-order valence-corrected chi connectivity index (χ1v) is 20.4. The van der Waals surface area contributed by atoms with Gasteiger partial charge < -0.3 is 64.1 Å². The van der Waals surface area contributed by atoms with Gasteiger partial charge in [0, 0.05) is 44.5 Å². The van der Waals surface area contributed by atoms with Crippen molar-refractivity contribution in [2.24, 2.45) is 29.4 Å². The van der Waals surface area contributed by atoms with E-state index in [2.05, 4.69) is 5.32 Å². The number of methoxy groups -OCH3 is 1. The highest BCUT2D eigenvalue weighted by atomic mass is 16.7. The standard InChI is InChI=1S/C40H71N3O13/c1-14-27-40(10)32(45)22(4)30(56-40)20(2)18-38(8,48)33(54-36-29(44)26(43(11)12)17-21(3)50-36)23(5)31(24(6)35(46)52-27)53-28-19-39(9,49-13)34(25(7)51-28)55-37(47)42-16-15-41/h20-31,33-34,36,44,48H,14-19,41H2,1-13H3,(H,42,47)/t20-,21-,22+,23+,24-,25+,26+,27-,28+,29-,30-,31+,33-,34?,36+,38+,39-,40-/m1/s1. The Morgan fingerprint density at radius 1 is 1.00 bits per heavy atom. The van der Waals surface area contributed by atoms with Crippen LogP contribution in [0.1, 0.15) is 94.9 Å². The van der Waals surface area contributed by atoms with Gasteiger partial charge in [0.05, 0.1) is 42.0 Å². The van der Waals surface area contributed by atoms with Gasteiger partial charge in [0.1, 0.15) is 17.8 Å². The van der Waals surface area contributed by atoms with E-state index < -0.39 is 102 Å². The minimum atomic E-state index is -1.64. The molecule has 16 nitrogen and oxygen atoms in total. The number of hydrogen-bond donors (Lipinski definition) is 4. The molecule has 0 saturated carbocycles. The molecule has 4 heterocycles. The Labute approximate surface area is 333 Å². The van der Waals surface area contributed by atoms with E-state index in [1.807, 2.05) is 53.6 Å². The molecule has 0 aromatic rings. The zero-order valence-corrected chi connectivity index (χ0v) is 35.8. The molecule has 324 valence electrons. The summed E-state index contributed by atoms with van der Waals surface area (Å²) in [5, 5.41) is 26.8. The molecule has 4 aliphatic heterocycles. The van der Waals surface area contributed by atoms with Crippen LogP contribution < -0.4 is 11.1 Å². The van der Waals surface area contributed by atoms with E-state index in [9.17, 15) is 24.6 Å². The maximum absolute atomic E-state index is 14.3. The molecule has 5 N–H and O–H groups in total. The van der Waals surface area contributed by atoms with Crippen LogP contribution in [0.2, 0.25) is 0 Å². The summed E-state index contributed by atoms with van der Waals surface area (Å²) in [6, 6.07) is -0.294. The van der Waals surface area contributed by atoms with Crippen LogP contribution in [0, 0.1) is 23.7 Å². The number of fused-ring (bicyclic) bond motifs is 2. The molecule has 56 heavy (non-hydrogen) atoms. The summed E-state index contributed by atoms with van der Waals surface area (Å²) < 4.78 is 50.6. The number of likely N-dealkylation sites (N-methyl/N-ethyl adjacent to an activating group) is 1. The Balaban J connectivity index is 1.78. The van der Waals surface area contributed by atoms with Crippen molar-refractivity contribution in [3.05, 3.63) is 0 Å². The van der Waals surface area contributed by atoms with E-state index in [4.69, 9.17) is 43.6 Å². The molecule has 16 heteroatoms. The lowest BCUT2D eigenvalue weighted by atomic mass is 9.75. The van der Waals surface area contributed by atoms with Gasteiger partial charge in [-0.2, -0.15) is 0 Å². The predicted molar refractivity (Wildman–Crippen MR) is 204 cm³/mol. The van der Waals surface area contributed by atoms with Gasteiger partial charge >= 0.3 is 12.1 Å². The van der Waals surface area contributed by atoms with Gasteiger partial charge in [-0.05, 0) is 80.8 Å². The van der Waals surface area contributed by atoms with Crippen molar-refractivity contribution in [3.63, 3.8) is 0 Å². The average Bonchev–Trinajstić information content (AvgIpc) is 3.36. The number of nitrogens with two attached hydrogens (primary N) is 1. The lowest BCUT2D eigenvalue weighted by Gasteiger charge is -2.49. The summed E-state index contributed by atoms with van der Waals surface area (Å²) in [6.45, 7) is 18.3. The van der Waals surface area contributed by atoms with Crippen molar-refractivity contribution in [1.82, 2.24) is 10.2 Å². The quantitative estimate of drug-likeness (QED) is 0.234. The van der Waals surface area contributed by atoms with E-state index >= 15 is 0 Å². The number of ketones is 1. The first-order valence-electron chi connectivity index (χ1n) is 20.4. The highest BCUT2D eigenvalue weighted by molar-refractivity contribution is 5.92. The topological polar surface area (TPSA) is 207 Å². The monoisotopic (exact) mass is 801 g/mol. The molecule has 4 fully saturated rings. The number of alkyl carbamates (subject to hydrolysis) is 1. The molecule has 0 spiro atoms. The molecule has 0 aromatic carbocycles. The molecule has 2 bridgehead atoms. The van der Waals surface area contributed by atoms with Crippen LogP contribution >= 0.6 is 0 Å². The van der Waals surface area contributed by atoms with Crippen LogP contribution in [0.15, 0.2) is 0 Å². The fraction of sp³-hybridized carbons (Fsp3) is 0.925. The number of carbonyl (C=O) groups is 3. The highest BCUT2D eigenvalue weighted by Gasteiger charge is 2.59. The minimum Gasteiger partial charge on any atom is -0.459 e. The Kier molecular flexibility index (Phi) is 15.4. The zero-order valence-electron chi connectivity index (χ0n) is 35.8. The summed E-state index contributed by atoms with van der Waals surface area (Å²) in [6.07, 6.45) is -8.19. The zero-order chi connectivity index (χ0) is 42.1. The molecule has 4 rings (SSSR count). The first-order chi connectivity index (χ1) is 26.0. The second-order valence-electron chi connectivity index (χ2n) is 17.6. The smallest absolute Gasteiger partial charge is 0.407 e. The lowest BCUT2D eigenvalue weighted by molar-refractivity contribution is -0.317. The third-order valence-corrected chi connectivity index (χ3v) is 12.7. The third-order valence-electron chi connectivity index (χ3n) is 12.7. The van der Waals surface area contributed by atoms with Crippen LogP contribution in [-0.4, -0.2) is 152 Å². The van der Waals surface area contributed by atoms with Gasteiger partial charge in [0.2, 0.25) is 0 Å². The molecule has 0 radical (unpaired) electrons. The molecular formula is C40H71N3O13. The Morgan fingerprint density at radius 3 is 2.25 bits per heavy atom. The van der Waals surface area contributed by atoms with Crippen LogP contribution in [0.5, 0.6) is 0 Å². The molecular weight excluding hydrogens is 730 g/mol. The maximum atomic E-state index is 14.3. The van der Waals surface area contributed by atoms with Gasteiger partial charge in [0.25, 0.3) is 0 Å². The summed E-state index contributed by atoms with van der Waals surface area (Å²) in [5.41, 5.74) is 1.42. The van der Waals surface area contributed by atoms with Crippen molar-refractivity contribution in [3.8, 4) is 0 Å². The molecule has 4 aliphatic rings. The van der Waals surface area contributed by atoms with Crippen LogP contribution in [0.4, 0.5) is 4.79 Å². The number of hydrogen-bond acceptors (Lipinski definition) is 15. The number of rotatable bonds is 10.